The predicted molar refractivity (Wildman–Crippen MR) is 57.3 cm³/mol. The second-order valence-corrected chi connectivity index (χ2v) is 4.86. The van der Waals surface area contributed by atoms with E-state index >= 15 is 0 Å². The summed E-state index contributed by atoms with van der Waals surface area (Å²) >= 11 is 0. The van der Waals surface area contributed by atoms with E-state index in [2.05, 4.69) is 6.92 Å². The third-order valence-electron chi connectivity index (χ3n) is 1.83. The Morgan fingerprint density at radius 3 is 2.38 bits per heavy atom. The van der Waals surface area contributed by atoms with Crippen molar-refractivity contribution in [1.82, 2.24) is 0 Å². The highest BCUT2D eigenvalue weighted by atomic mass is 32.2. The van der Waals surface area contributed by atoms with Gasteiger partial charge in [-0.25, -0.2) is 0 Å². The molecule has 0 aromatic carbocycles. The molecule has 0 aliphatic carbocycles. The van der Waals surface area contributed by atoms with Crippen molar-refractivity contribution in [3.05, 3.63) is 0 Å². The first-order chi connectivity index (χ1) is 6.20. The molecule has 0 heterocycles. The number of hydrogen-bond acceptors (Lipinski definition) is 2. The molecule has 2 nitrogen and oxygen atoms in total. The molecule has 3 heteroatoms. The molecule has 0 saturated heterocycles. The van der Waals surface area contributed by atoms with Crippen molar-refractivity contribution in [2.45, 2.75) is 46.0 Å². The molecule has 0 bridgehead atoms. The molecule has 1 atom stereocenters. The summed E-state index contributed by atoms with van der Waals surface area (Å²) in [5.74, 6) is 1.12. The van der Waals surface area contributed by atoms with E-state index in [1.807, 2.05) is 6.92 Å². The van der Waals surface area contributed by atoms with Gasteiger partial charge in [0, 0.05) is 23.0 Å². The molecule has 13 heavy (non-hydrogen) atoms. The maximum atomic E-state index is 11.3. The molecule has 0 rings (SSSR count). The summed E-state index contributed by atoms with van der Waals surface area (Å²) in [6, 6.07) is 0. The van der Waals surface area contributed by atoms with Gasteiger partial charge in [0.05, 0.1) is 5.75 Å². The molecule has 0 N–H and O–H groups in total. The molecule has 0 fully saturated rings. The Morgan fingerprint density at radius 2 is 1.85 bits per heavy atom. The molecular weight excluding hydrogens is 184 g/mol. The van der Waals surface area contributed by atoms with Gasteiger partial charge in [-0.15, -0.1) is 0 Å². The van der Waals surface area contributed by atoms with Crippen LogP contribution in [0, 0.1) is 0 Å². The number of carbonyl (C=O) groups is 1. The summed E-state index contributed by atoms with van der Waals surface area (Å²) in [5.41, 5.74) is 0. The number of rotatable bonds is 8. The van der Waals surface area contributed by atoms with E-state index in [9.17, 15) is 9.00 Å². The first-order valence-corrected chi connectivity index (χ1v) is 6.56. The molecule has 0 aliphatic heterocycles. The Bertz CT molecular complexity index is 166. The standard InChI is InChI=1S/C10H20O2S/c1-3-5-6-8-13(12)9-10(11)7-4-2/h3-9H2,1-2H3. The highest BCUT2D eigenvalue weighted by Gasteiger charge is 2.06. The normalized spacial score (nSPS) is 12.8. The van der Waals surface area contributed by atoms with E-state index in [1.165, 1.54) is 0 Å². The summed E-state index contributed by atoms with van der Waals surface area (Å²) in [6.07, 6.45) is 4.70. The van der Waals surface area contributed by atoms with Gasteiger partial charge in [0.15, 0.2) is 0 Å². The van der Waals surface area contributed by atoms with Crippen LogP contribution < -0.4 is 0 Å². The first-order valence-electron chi connectivity index (χ1n) is 5.07. The minimum absolute atomic E-state index is 0.150. The van der Waals surface area contributed by atoms with E-state index in [-0.39, 0.29) is 11.5 Å². The van der Waals surface area contributed by atoms with Crippen LogP contribution in [0.1, 0.15) is 46.0 Å². The molecule has 0 aromatic rings. The number of Topliss-reactive ketones (excluding diaryl/α,β-unsaturated/α-hetero) is 1. The third-order valence-corrected chi connectivity index (χ3v) is 3.21. The van der Waals surface area contributed by atoms with Gasteiger partial charge in [0.2, 0.25) is 0 Å². The average Bonchev–Trinajstić information content (AvgIpc) is 2.05. The maximum Gasteiger partial charge on any atom is 0.145 e. The van der Waals surface area contributed by atoms with Crippen molar-refractivity contribution >= 4 is 16.6 Å². The van der Waals surface area contributed by atoms with Crippen LogP contribution in [-0.4, -0.2) is 21.5 Å². The highest BCUT2D eigenvalue weighted by molar-refractivity contribution is 7.85. The van der Waals surface area contributed by atoms with E-state index in [0.717, 1.165) is 25.7 Å². The van der Waals surface area contributed by atoms with Crippen molar-refractivity contribution in [3.8, 4) is 0 Å². The summed E-state index contributed by atoms with van der Waals surface area (Å²) < 4.78 is 11.3. The maximum absolute atomic E-state index is 11.3. The second kappa shape index (κ2) is 8.42. The third kappa shape index (κ3) is 8.16. The summed E-state index contributed by atoms with van der Waals surface area (Å²) in [5, 5.41) is 0. The second-order valence-electron chi connectivity index (χ2n) is 3.28. The van der Waals surface area contributed by atoms with Crippen molar-refractivity contribution in [2.75, 3.05) is 11.5 Å². The monoisotopic (exact) mass is 204 g/mol. The Hall–Kier alpha value is -0.180. The smallest absolute Gasteiger partial charge is 0.145 e. The summed E-state index contributed by atoms with van der Waals surface area (Å²) in [7, 11) is -0.903. The van der Waals surface area contributed by atoms with Crippen LogP contribution in [0.5, 0.6) is 0 Å². The minimum atomic E-state index is -0.903. The number of ketones is 1. The fourth-order valence-electron chi connectivity index (χ4n) is 1.12. The number of unbranched alkanes of at least 4 members (excludes halogenated alkanes) is 2. The van der Waals surface area contributed by atoms with Crippen LogP contribution in [0.2, 0.25) is 0 Å². The molecule has 0 saturated carbocycles. The molecule has 78 valence electrons. The Labute approximate surface area is 83.6 Å². The molecule has 1 unspecified atom stereocenters. The largest absolute Gasteiger partial charge is 0.299 e. The molecule has 0 spiro atoms. The van der Waals surface area contributed by atoms with Crippen LogP contribution in [0.25, 0.3) is 0 Å². The zero-order valence-corrected chi connectivity index (χ0v) is 9.49. The van der Waals surface area contributed by atoms with Gasteiger partial charge in [0.25, 0.3) is 0 Å². The van der Waals surface area contributed by atoms with Crippen LogP contribution in [-0.2, 0) is 15.6 Å². The van der Waals surface area contributed by atoms with Gasteiger partial charge in [-0.05, 0) is 12.8 Å². The van der Waals surface area contributed by atoms with Gasteiger partial charge >= 0.3 is 0 Å². The highest BCUT2D eigenvalue weighted by Crippen LogP contribution is 1.98. The van der Waals surface area contributed by atoms with Gasteiger partial charge < -0.3 is 0 Å². The fraction of sp³-hybridized carbons (Fsp3) is 0.900. The van der Waals surface area contributed by atoms with E-state index < -0.39 is 10.8 Å². The quantitative estimate of drug-likeness (QED) is 0.568. The molecule has 0 aromatic heterocycles. The van der Waals surface area contributed by atoms with Crippen LogP contribution in [0.3, 0.4) is 0 Å². The van der Waals surface area contributed by atoms with Crippen molar-refractivity contribution in [2.24, 2.45) is 0 Å². The number of hydrogen-bond donors (Lipinski definition) is 0. The van der Waals surface area contributed by atoms with Crippen LogP contribution in [0.15, 0.2) is 0 Å². The van der Waals surface area contributed by atoms with Crippen molar-refractivity contribution in [1.29, 1.82) is 0 Å². The number of carbonyl (C=O) groups excluding carboxylic acids is 1. The topological polar surface area (TPSA) is 34.1 Å². The molecule has 0 amide bonds. The Morgan fingerprint density at radius 1 is 1.15 bits per heavy atom. The van der Waals surface area contributed by atoms with E-state index in [1.54, 1.807) is 0 Å². The Kier molecular flexibility index (Phi) is 8.30. The van der Waals surface area contributed by atoms with Crippen molar-refractivity contribution in [3.63, 3.8) is 0 Å². The molecule has 0 aliphatic rings. The van der Waals surface area contributed by atoms with Gasteiger partial charge in [-0.2, -0.15) is 0 Å². The Balaban J connectivity index is 3.44. The van der Waals surface area contributed by atoms with Crippen LogP contribution in [0.4, 0.5) is 0 Å². The SMILES string of the molecule is CCCCCS(=O)CC(=O)CCC. The van der Waals surface area contributed by atoms with Gasteiger partial charge in [-0.1, -0.05) is 26.7 Å². The lowest BCUT2D eigenvalue weighted by molar-refractivity contribution is -0.116. The van der Waals surface area contributed by atoms with Crippen LogP contribution >= 0.6 is 0 Å². The zero-order valence-electron chi connectivity index (χ0n) is 8.67. The van der Waals surface area contributed by atoms with Crippen molar-refractivity contribution < 1.29 is 9.00 Å². The van der Waals surface area contributed by atoms with E-state index in [0.29, 0.717) is 12.2 Å². The van der Waals surface area contributed by atoms with Gasteiger partial charge in [0.1, 0.15) is 5.78 Å². The lowest BCUT2D eigenvalue weighted by Crippen LogP contribution is -2.12. The molecular formula is C10H20O2S. The van der Waals surface area contributed by atoms with E-state index in [4.69, 9.17) is 0 Å². The lowest BCUT2D eigenvalue weighted by Gasteiger charge is -2.00. The first kappa shape index (κ1) is 12.8. The predicted octanol–water partition coefficient (Wildman–Crippen LogP) is 2.29. The minimum Gasteiger partial charge on any atom is -0.299 e. The summed E-state index contributed by atoms with van der Waals surface area (Å²) in [6.45, 7) is 4.09. The fourth-order valence-corrected chi connectivity index (χ4v) is 2.29. The van der Waals surface area contributed by atoms with Gasteiger partial charge in [-0.3, -0.25) is 9.00 Å². The average molecular weight is 204 g/mol. The summed E-state index contributed by atoms with van der Waals surface area (Å²) in [4.78, 5) is 11.1. The zero-order chi connectivity index (χ0) is 10.1. The lowest BCUT2D eigenvalue weighted by atomic mass is 10.3. The molecule has 0 radical (unpaired) electrons.